The van der Waals surface area contributed by atoms with Crippen LogP contribution >= 0.6 is 11.6 Å². The van der Waals surface area contributed by atoms with Crippen molar-refractivity contribution in [3.8, 4) is 0 Å². The normalized spacial score (nSPS) is 15.2. The Morgan fingerprint density at radius 3 is 2.12 bits per heavy atom. The predicted octanol–water partition coefficient (Wildman–Crippen LogP) is 2.58. The van der Waals surface area contributed by atoms with Gasteiger partial charge in [-0.25, -0.2) is 21.6 Å². The fourth-order valence-electron chi connectivity index (χ4n) is 2.06. The first-order valence-electron chi connectivity index (χ1n) is 7.17. The quantitative estimate of drug-likeness (QED) is 0.798. The number of sulfonamides is 2. The molecule has 128 valence electrons. The largest absolute Gasteiger partial charge is 0.280 e. The van der Waals surface area contributed by atoms with Gasteiger partial charge in [-0.3, -0.25) is 4.72 Å². The molecule has 2 N–H and O–H groups in total. The lowest BCUT2D eigenvalue weighted by Gasteiger charge is -2.10. The maximum Gasteiger partial charge on any atom is 0.261 e. The van der Waals surface area contributed by atoms with Crippen LogP contribution in [0.1, 0.15) is 12.8 Å². The van der Waals surface area contributed by atoms with E-state index < -0.39 is 20.0 Å². The van der Waals surface area contributed by atoms with E-state index >= 15 is 0 Å². The summed E-state index contributed by atoms with van der Waals surface area (Å²) in [5.74, 6) is 0. The molecular formula is C15H15ClN2O4S2. The summed E-state index contributed by atoms with van der Waals surface area (Å²) in [6.07, 6.45) is 1.60. The SMILES string of the molecule is O=S(=O)(Nc1cccc(Cl)c1)c1cccc(S(=O)(=O)NC2CC2)c1. The highest BCUT2D eigenvalue weighted by molar-refractivity contribution is 7.93. The molecule has 24 heavy (non-hydrogen) atoms. The van der Waals surface area contributed by atoms with Crippen LogP contribution in [0.25, 0.3) is 0 Å². The van der Waals surface area contributed by atoms with E-state index in [1.54, 1.807) is 18.2 Å². The van der Waals surface area contributed by atoms with Crippen molar-refractivity contribution in [1.82, 2.24) is 4.72 Å². The summed E-state index contributed by atoms with van der Waals surface area (Å²) in [6.45, 7) is 0. The predicted molar refractivity (Wildman–Crippen MR) is 92.0 cm³/mol. The molecule has 0 heterocycles. The molecule has 3 rings (SSSR count). The topological polar surface area (TPSA) is 92.3 Å². The van der Waals surface area contributed by atoms with Gasteiger partial charge in [-0.2, -0.15) is 0 Å². The molecule has 1 aliphatic carbocycles. The van der Waals surface area contributed by atoms with Crippen LogP contribution in [0.5, 0.6) is 0 Å². The molecule has 9 heteroatoms. The van der Waals surface area contributed by atoms with Crippen LogP contribution in [-0.4, -0.2) is 22.9 Å². The van der Waals surface area contributed by atoms with Crippen LogP contribution in [0.15, 0.2) is 58.3 Å². The highest BCUT2D eigenvalue weighted by atomic mass is 35.5. The first-order chi connectivity index (χ1) is 11.3. The second-order valence-electron chi connectivity index (χ2n) is 5.49. The van der Waals surface area contributed by atoms with Gasteiger partial charge in [-0.05, 0) is 49.2 Å². The van der Waals surface area contributed by atoms with Gasteiger partial charge in [0.1, 0.15) is 0 Å². The van der Waals surface area contributed by atoms with Crippen LogP contribution in [0.4, 0.5) is 5.69 Å². The van der Waals surface area contributed by atoms with Gasteiger partial charge in [-0.1, -0.05) is 23.7 Å². The average Bonchev–Trinajstić information content (AvgIpc) is 3.30. The van der Waals surface area contributed by atoms with Crippen molar-refractivity contribution in [3.63, 3.8) is 0 Å². The molecule has 0 radical (unpaired) electrons. The maximum absolute atomic E-state index is 12.5. The fraction of sp³-hybridized carbons (Fsp3) is 0.200. The van der Waals surface area contributed by atoms with Crippen molar-refractivity contribution in [2.75, 3.05) is 4.72 Å². The molecule has 6 nitrogen and oxygen atoms in total. The molecule has 1 saturated carbocycles. The Morgan fingerprint density at radius 2 is 1.50 bits per heavy atom. The number of nitrogens with one attached hydrogen (secondary N) is 2. The lowest BCUT2D eigenvalue weighted by molar-refractivity contribution is 0.580. The molecule has 0 atom stereocenters. The molecule has 2 aromatic rings. The zero-order valence-electron chi connectivity index (χ0n) is 12.4. The summed E-state index contributed by atoms with van der Waals surface area (Å²) < 4.78 is 54.3. The van der Waals surface area contributed by atoms with E-state index in [2.05, 4.69) is 9.44 Å². The van der Waals surface area contributed by atoms with E-state index in [-0.39, 0.29) is 15.8 Å². The molecule has 0 bridgehead atoms. The molecule has 0 amide bonds. The minimum Gasteiger partial charge on any atom is -0.280 e. The number of benzene rings is 2. The van der Waals surface area contributed by atoms with Crippen LogP contribution < -0.4 is 9.44 Å². The third kappa shape index (κ3) is 4.07. The highest BCUT2D eigenvalue weighted by Crippen LogP contribution is 2.24. The van der Waals surface area contributed by atoms with Crippen LogP contribution in [0, 0.1) is 0 Å². The minimum absolute atomic E-state index is 0.0557. The molecule has 1 aliphatic rings. The molecule has 0 unspecified atom stereocenters. The average molecular weight is 387 g/mol. The Morgan fingerprint density at radius 1 is 0.875 bits per heavy atom. The van der Waals surface area contributed by atoms with Crippen molar-refractivity contribution < 1.29 is 16.8 Å². The molecule has 0 aromatic heterocycles. The molecular weight excluding hydrogens is 372 g/mol. The van der Waals surface area contributed by atoms with Gasteiger partial charge in [0, 0.05) is 11.1 Å². The van der Waals surface area contributed by atoms with Gasteiger partial charge in [0.25, 0.3) is 10.0 Å². The first-order valence-corrected chi connectivity index (χ1v) is 10.5. The third-order valence-corrected chi connectivity index (χ3v) is 6.53. The van der Waals surface area contributed by atoms with Crippen molar-refractivity contribution in [2.45, 2.75) is 28.7 Å². The Labute approximate surface area is 146 Å². The van der Waals surface area contributed by atoms with Crippen LogP contribution in [-0.2, 0) is 20.0 Å². The van der Waals surface area contributed by atoms with E-state index in [9.17, 15) is 16.8 Å². The number of halogens is 1. The van der Waals surface area contributed by atoms with Crippen molar-refractivity contribution in [3.05, 3.63) is 53.6 Å². The number of anilines is 1. The Bertz CT molecular complexity index is 970. The lowest BCUT2D eigenvalue weighted by atomic mass is 10.3. The highest BCUT2D eigenvalue weighted by Gasteiger charge is 2.28. The van der Waals surface area contributed by atoms with E-state index in [1.165, 1.54) is 24.3 Å². The number of hydrogen-bond donors (Lipinski definition) is 2. The maximum atomic E-state index is 12.5. The Hall–Kier alpha value is -1.61. The molecule has 0 spiro atoms. The summed E-state index contributed by atoms with van der Waals surface area (Å²) >= 11 is 5.84. The Kier molecular flexibility index (Phi) is 4.56. The third-order valence-electron chi connectivity index (χ3n) is 3.40. The summed E-state index contributed by atoms with van der Waals surface area (Å²) in [6, 6.07) is 11.4. The van der Waals surface area contributed by atoms with E-state index in [0.29, 0.717) is 10.7 Å². The van der Waals surface area contributed by atoms with Gasteiger partial charge in [0.2, 0.25) is 10.0 Å². The minimum atomic E-state index is -3.93. The summed E-state index contributed by atoms with van der Waals surface area (Å²) in [5, 5.41) is 0.389. The van der Waals surface area contributed by atoms with Crippen molar-refractivity contribution in [1.29, 1.82) is 0 Å². The van der Waals surface area contributed by atoms with Crippen molar-refractivity contribution >= 4 is 37.3 Å². The first kappa shape index (κ1) is 17.2. The second kappa shape index (κ2) is 6.36. The Balaban J connectivity index is 1.89. The van der Waals surface area contributed by atoms with Gasteiger partial charge < -0.3 is 0 Å². The van der Waals surface area contributed by atoms with Gasteiger partial charge in [-0.15, -0.1) is 0 Å². The van der Waals surface area contributed by atoms with Crippen LogP contribution in [0.3, 0.4) is 0 Å². The van der Waals surface area contributed by atoms with Crippen molar-refractivity contribution in [2.24, 2.45) is 0 Å². The molecule has 2 aromatic carbocycles. The fourth-order valence-corrected chi connectivity index (χ4v) is 4.77. The van der Waals surface area contributed by atoms with Gasteiger partial charge in [0.05, 0.1) is 15.5 Å². The van der Waals surface area contributed by atoms with E-state index in [1.807, 2.05) is 0 Å². The van der Waals surface area contributed by atoms with Gasteiger partial charge in [0.15, 0.2) is 0 Å². The summed E-state index contributed by atoms with van der Waals surface area (Å²) in [7, 11) is -7.65. The van der Waals surface area contributed by atoms with Gasteiger partial charge >= 0.3 is 0 Å². The van der Waals surface area contributed by atoms with Crippen LogP contribution in [0.2, 0.25) is 5.02 Å². The zero-order valence-corrected chi connectivity index (χ0v) is 14.8. The number of rotatable bonds is 6. The summed E-state index contributed by atoms with van der Waals surface area (Å²) in [4.78, 5) is -0.218. The van der Waals surface area contributed by atoms with E-state index in [0.717, 1.165) is 18.9 Å². The zero-order chi connectivity index (χ0) is 17.4. The smallest absolute Gasteiger partial charge is 0.261 e. The number of hydrogen-bond acceptors (Lipinski definition) is 4. The monoisotopic (exact) mass is 386 g/mol. The lowest BCUT2D eigenvalue weighted by Crippen LogP contribution is -2.26. The van der Waals surface area contributed by atoms with E-state index in [4.69, 9.17) is 11.6 Å². The summed E-state index contributed by atoms with van der Waals surface area (Å²) in [5.41, 5.74) is 0.298. The molecule has 1 fully saturated rings. The standard InChI is InChI=1S/C15H15ClN2O4S2/c16-11-3-1-4-13(9-11)18-24(21,22)15-6-2-5-14(10-15)23(19,20)17-12-7-8-12/h1-6,9-10,12,17-18H,7-8H2. The second-order valence-corrected chi connectivity index (χ2v) is 9.32. The molecule has 0 aliphatic heterocycles. The molecule has 0 saturated heterocycles.